The first-order chi connectivity index (χ1) is 8.15. The molecule has 1 saturated heterocycles. The minimum atomic E-state index is -0.346. The van der Waals surface area contributed by atoms with Gasteiger partial charge in [0.2, 0.25) is 0 Å². The molecule has 1 unspecified atom stereocenters. The number of nitrogens with zero attached hydrogens (tertiary/aromatic N) is 1. The molecular weight excluding hydrogens is 241 g/mol. The Morgan fingerprint density at radius 1 is 1.53 bits per heavy atom. The molecular formula is C13H17ClFNO. The molecule has 2 rings (SSSR count). The van der Waals surface area contributed by atoms with Crippen LogP contribution in [0.4, 0.5) is 4.39 Å². The van der Waals surface area contributed by atoms with Crippen molar-refractivity contribution in [3.8, 4) is 0 Å². The van der Waals surface area contributed by atoms with Gasteiger partial charge in [-0.1, -0.05) is 17.7 Å². The third kappa shape index (κ3) is 3.66. The first-order valence-corrected chi connectivity index (χ1v) is 6.23. The van der Waals surface area contributed by atoms with Crippen molar-refractivity contribution in [2.24, 2.45) is 5.92 Å². The predicted molar refractivity (Wildman–Crippen MR) is 66.7 cm³/mol. The number of benzene rings is 1. The molecule has 0 aromatic heterocycles. The Kier molecular flexibility index (Phi) is 4.37. The lowest BCUT2D eigenvalue weighted by molar-refractivity contribution is 0.173. The van der Waals surface area contributed by atoms with E-state index in [1.54, 1.807) is 6.07 Å². The third-order valence-electron chi connectivity index (χ3n) is 3.03. The van der Waals surface area contributed by atoms with Crippen molar-refractivity contribution in [1.29, 1.82) is 0 Å². The van der Waals surface area contributed by atoms with Gasteiger partial charge in [-0.3, -0.25) is 0 Å². The van der Waals surface area contributed by atoms with E-state index in [9.17, 15) is 4.39 Å². The maximum absolute atomic E-state index is 13.3. The topological polar surface area (TPSA) is 12.5 Å². The van der Waals surface area contributed by atoms with Crippen LogP contribution in [0, 0.1) is 11.7 Å². The number of hydrogen-bond acceptors (Lipinski definition) is 2. The Bertz CT molecular complexity index is 380. The smallest absolute Gasteiger partial charge is 0.142 e. The van der Waals surface area contributed by atoms with Crippen molar-refractivity contribution >= 4 is 11.6 Å². The molecule has 0 radical (unpaired) electrons. The lowest BCUT2D eigenvalue weighted by Gasteiger charge is -2.20. The van der Waals surface area contributed by atoms with Gasteiger partial charge in [-0.15, -0.1) is 0 Å². The van der Waals surface area contributed by atoms with E-state index >= 15 is 0 Å². The summed E-state index contributed by atoms with van der Waals surface area (Å²) in [4.78, 5) is 2.20. The van der Waals surface area contributed by atoms with Crippen molar-refractivity contribution in [2.75, 3.05) is 26.8 Å². The second-order valence-electron chi connectivity index (χ2n) is 4.67. The second kappa shape index (κ2) is 5.80. The van der Waals surface area contributed by atoms with Crippen LogP contribution in [0.2, 0.25) is 5.02 Å². The Hall–Kier alpha value is -0.640. The Labute approximate surface area is 106 Å². The standard InChI is InChI=1S/C13H17ClFNO/c1-16(8-11-4-5-17-9-11)7-10-2-3-12(14)13(15)6-10/h2-3,6,11H,4-5,7-9H2,1H3. The molecule has 0 saturated carbocycles. The normalized spacial score (nSPS) is 20.1. The molecule has 0 aliphatic carbocycles. The van der Waals surface area contributed by atoms with E-state index < -0.39 is 0 Å². The van der Waals surface area contributed by atoms with E-state index in [-0.39, 0.29) is 10.8 Å². The monoisotopic (exact) mass is 257 g/mol. The van der Waals surface area contributed by atoms with E-state index in [0.29, 0.717) is 5.92 Å². The van der Waals surface area contributed by atoms with Crippen LogP contribution in [0.5, 0.6) is 0 Å². The lowest BCUT2D eigenvalue weighted by atomic mass is 10.1. The van der Waals surface area contributed by atoms with E-state index in [0.717, 1.165) is 38.3 Å². The van der Waals surface area contributed by atoms with Crippen molar-refractivity contribution in [3.05, 3.63) is 34.6 Å². The summed E-state index contributed by atoms with van der Waals surface area (Å²) in [6.45, 7) is 3.45. The molecule has 0 bridgehead atoms. The molecule has 1 aliphatic heterocycles. The van der Waals surface area contributed by atoms with Crippen molar-refractivity contribution in [3.63, 3.8) is 0 Å². The number of rotatable bonds is 4. The van der Waals surface area contributed by atoms with Crippen LogP contribution in [0.1, 0.15) is 12.0 Å². The highest BCUT2D eigenvalue weighted by atomic mass is 35.5. The number of halogens is 2. The maximum atomic E-state index is 13.3. The minimum absolute atomic E-state index is 0.181. The Morgan fingerprint density at radius 3 is 3.00 bits per heavy atom. The molecule has 0 spiro atoms. The number of ether oxygens (including phenoxy) is 1. The van der Waals surface area contributed by atoms with Crippen LogP contribution in [0.15, 0.2) is 18.2 Å². The van der Waals surface area contributed by atoms with Gasteiger partial charge in [-0.05, 0) is 37.1 Å². The largest absolute Gasteiger partial charge is 0.381 e. The zero-order chi connectivity index (χ0) is 12.3. The summed E-state index contributed by atoms with van der Waals surface area (Å²) in [7, 11) is 2.05. The Morgan fingerprint density at radius 2 is 2.35 bits per heavy atom. The quantitative estimate of drug-likeness (QED) is 0.822. The molecule has 1 aromatic rings. The average molecular weight is 258 g/mol. The summed E-state index contributed by atoms with van der Waals surface area (Å²) in [6.07, 6.45) is 1.12. The summed E-state index contributed by atoms with van der Waals surface area (Å²) < 4.78 is 18.6. The highest BCUT2D eigenvalue weighted by Crippen LogP contribution is 2.18. The zero-order valence-corrected chi connectivity index (χ0v) is 10.7. The van der Waals surface area contributed by atoms with Crippen LogP contribution in [-0.4, -0.2) is 31.7 Å². The summed E-state index contributed by atoms with van der Waals surface area (Å²) in [5.74, 6) is 0.263. The summed E-state index contributed by atoms with van der Waals surface area (Å²) in [6, 6.07) is 4.98. The van der Waals surface area contributed by atoms with Crippen LogP contribution >= 0.6 is 11.6 Å². The molecule has 1 aliphatic rings. The Balaban J connectivity index is 1.88. The van der Waals surface area contributed by atoms with Crippen molar-refractivity contribution in [1.82, 2.24) is 4.90 Å². The molecule has 1 atom stereocenters. The zero-order valence-electron chi connectivity index (χ0n) is 9.96. The molecule has 0 amide bonds. The molecule has 1 fully saturated rings. The van der Waals surface area contributed by atoms with Gasteiger partial charge in [-0.2, -0.15) is 0 Å². The van der Waals surface area contributed by atoms with Gasteiger partial charge in [0.25, 0.3) is 0 Å². The van der Waals surface area contributed by atoms with Crippen LogP contribution in [0.3, 0.4) is 0 Å². The van der Waals surface area contributed by atoms with Gasteiger partial charge >= 0.3 is 0 Å². The minimum Gasteiger partial charge on any atom is -0.381 e. The molecule has 0 N–H and O–H groups in total. The SMILES string of the molecule is CN(Cc1ccc(Cl)c(F)c1)CC1CCOC1. The van der Waals surface area contributed by atoms with Gasteiger partial charge < -0.3 is 9.64 Å². The molecule has 17 heavy (non-hydrogen) atoms. The van der Waals surface area contributed by atoms with Gasteiger partial charge in [0.1, 0.15) is 5.82 Å². The van der Waals surface area contributed by atoms with Crippen molar-refractivity contribution < 1.29 is 9.13 Å². The maximum Gasteiger partial charge on any atom is 0.142 e. The fourth-order valence-electron chi connectivity index (χ4n) is 2.18. The van der Waals surface area contributed by atoms with E-state index in [4.69, 9.17) is 16.3 Å². The highest BCUT2D eigenvalue weighted by molar-refractivity contribution is 6.30. The molecule has 1 aromatic carbocycles. The van der Waals surface area contributed by atoms with Crippen LogP contribution in [-0.2, 0) is 11.3 Å². The molecule has 94 valence electrons. The third-order valence-corrected chi connectivity index (χ3v) is 3.34. The van der Waals surface area contributed by atoms with Crippen molar-refractivity contribution in [2.45, 2.75) is 13.0 Å². The summed E-state index contributed by atoms with van der Waals surface area (Å²) in [5.41, 5.74) is 0.952. The van der Waals surface area contributed by atoms with Gasteiger partial charge in [-0.25, -0.2) is 4.39 Å². The molecule has 4 heteroatoms. The first kappa shape index (κ1) is 12.8. The second-order valence-corrected chi connectivity index (χ2v) is 5.08. The first-order valence-electron chi connectivity index (χ1n) is 5.85. The van der Waals surface area contributed by atoms with E-state index in [2.05, 4.69) is 4.90 Å². The van der Waals surface area contributed by atoms with E-state index in [1.807, 2.05) is 13.1 Å². The van der Waals surface area contributed by atoms with Gasteiger partial charge in [0.05, 0.1) is 11.6 Å². The fourth-order valence-corrected chi connectivity index (χ4v) is 2.30. The summed E-state index contributed by atoms with van der Waals surface area (Å²) >= 11 is 5.65. The molecule has 2 nitrogen and oxygen atoms in total. The number of hydrogen-bond donors (Lipinski definition) is 0. The fraction of sp³-hybridized carbons (Fsp3) is 0.538. The average Bonchev–Trinajstić information content (AvgIpc) is 2.76. The highest BCUT2D eigenvalue weighted by Gasteiger charge is 2.17. The lowest BCUT2D eigenvalue weighted by Crippen LogP contribution is -2.25. The van der Waals surface area contributed by atoms with Gasteiger partial charge in [0, 0.05) is 19.7 Å². The summed E-state index contributed by atoms with van der Waals surface area (Å²) in [5, 5.41) is 0.181. The predicted octanol–water partition coefficient (Wildman–Crippen LogP) is 2.95. The van der Waals surface area contributed by atoms with Crippen LogP contribution < -0.4 is 0 Å². The van der Waals surface area contributed by atoms with E-state index in [1.165, 1.54) is 6.07 Å². The molecule has 1 heterocycles. The van der Waals surface area contributed by atoms with Gasteiger partial charge in [0.15, 0.2) is 0 Å². The van der Waals surface area contributed by atoms with Crippen LogP contribution in [0.25, 0.3) is 0 Å².